The Labute approximate surface area is 107 Å². The van der Waals surface area contributed by atoms with Crippen LogP contribution >= 0.6 is 11.3 Å². The van der Waals surface area contributed by atoms with Gasteiger partial charge in [0.25, 0.3) is 0 Å². The summed E-state index contributed by atoms with van der Waals surface area (Å²) in [5.41, 5.74) is 0.553. The maximum Gasteiger partial charge on any atom is 0.0959 e. The van der Waals surface area contributed by atoms with Gasteiger partial charge in [-0.3, -0.25) is 0 Å². The summed E-state index contributed by atoms with van der Waals surface area (Å²) in [6.07, 6.45) is 2.41. The number of hydrogen-bond acceptors (Lipinski definition) is 4. The molecule has 1 aliphatic rings. The van der Waals surface area contributed by atoms with Gasteiger partial charge in [0.2, 0.25) is 0 Å². The van der Waals surface area contributed by atoms with Crippen molar-refractivity contribution in [2.75, 3.05) is 13.6 Å². The van der Waals surface area contributed by atoms with Gasteiger partial charge in [0.1, 0.15) is 0 Å². The van der Waals surface area contributed by atoms with Gasteiger partial charge in [0.05, 0.1) is 16.3 Å². The van der Waals surface area contributed by atoms with Crippen molar-refractivity contribution in [2.24, 2.45) is 0 Å². The van der Waals surface area contributed by atoms with Crippen molar-refractivity contribution in [3.05, 3.63) is 15.6 Å². The molecule has 1 fully saturated rings. The van der Waals surface area contributed by atoms with Crippen molar-refractivity contribution >= 4 is 11.3 Å². The molecule has 1 saturated heterocycles. The SMILES string of the molecule is Cc1nc(CC2(O)CCN(C)C(C)C2)sc1C. The minimum atomic E-state index is -0.553. The normalized spacial score (nSPS) is 30.8. The van der Waals surface area contributed by atoms with E-state index in [9.17, 15) is 5.11 Å². The predicted octanol–water partition coefficient (Wildman–Crippen LogP) is 2.15. The Kier molecular flexibility index (Phi) is 3.57. The zero-order valence-corrected chi connectivity index (χ0v) is 12.0. The van der Waals surface area contributed by atoms with Crippen molar-refractivity contribution in [1.82, 2.24) is 9.88 Å². The molecule has 0 aromatic carbocycles. The van der Waals surface area contributed by atoms with Crippen LogP contribution in [0.15, 0.2) is 0 Å². The molecule has 0 spiro atoms. The Bertz CT molecular complexity index is 385. The summed E-state index contributed by atoms with van der Waals surface area (Å²) >= 11 is 1.72. The molecule has 96 valence electrons. The van der Waals surface area contributed by atoms with Gasteiger partial charge in [0, 0.05) is 23.9 Å². The molecule has 2 atom stereocenters. The van der Waals surface area contributed by atoms with Crippen LogP contribution in [0.25, 0.3) is 0 Å². The molecule has 0 aliphatic carbocycles. The lowest BCUT2D eigenvalue weighted by atomic mass is 9.85. The molecule has 2 rings (SSSR count). The van der Waals surface area contributed by atoms with Crippen LogP contribution in [0, 0.1) is 13.8 Å². The van der Waals surface area contributed by atoms with Gasteiger partial charge < -0.3 is 10.0 Å². The molecular formula is C13H22N2OS. The fourth-order valence-electron chi connectivity index (χ4n) is 2.47. The molecule has 2 heterocycles. The lowest BCUT2D eigenvalue weighted by Crippen LogP contribution is -2.48. The van der Waals surface area contributed by atoms with Crippen molar-refractivity contribution in [2.45, 2.75) is 51.7 Å². The molecule has 1 aromatic heterocycles. The van der Waals surface area contributed by atoms with E-state index < -0.39 is 5.60 Å². The second kappa shape index (κ2) is 4.67. The molecule has 17 heavy (non-hydrogen) atoms. The molecule has 1 aliphatic heterocycles. The number of aromatic nitrogens is 1. The molecule has 0 saturated carbocycles. The van der Waals surface area contributed by atoms with E-state index in [1.165, 1.54) is 4.88 Å². The van der Waals surface area contributed by atoms with Crippen molar-refractivity contribution in [3.63, 3.8) is 0 Å². The highest BCUT2D eigenvalue weighted by atomic mass is 32.1. The first-order valence-electron chi connectivity index (χ1n) is 6.25. The Balaban J connectivity index is 2.07. The Morgan fingerprint density at radius 2 is 2.24 bits per heavy atom. The molecule has 1 aromatic rings. The van der Waals surface area contributed by atoms with Crippen LogP contribution in [0.3, 0.4) is 0 Å². The molecule has 1 N–H and O–H groups in total. The van der Waals surface area contributed by atoms with E-state index in [1.807, 2.05) is 6.92 Å². The molecule has 0 bridgehead atoms. The summed E-state index contributed by atoms with van der Waals surface area (Å²) < 4.78 is 0. The summed E-state index contributed by atoms with van der Waals surface area (Å²) in [5, 5.41) is 11.7. The largest absolute Gasteiger partial charge is 0.389 e. The van der Waals surface area contributed by atoms with Crippen LogP contribution in [0.4, 0.5) is 0 Å². The van der Waals surface area contributed by atoms with Gasteiger partial charge in [-0.05, 0) is 40.7 Å². The highest BCUT2D eigenvalue weighted by Crippen LogP contribution is 2.31. The van der Waals surface area contributed by atoms with E-state index in [0.29, 0.717) is 12.5 Å². The third-order valence-corrected chi connectivity index (χ3v) is 4.98. The van der Waals surface area contributed by atoms with E-state index in [0.717, 1.165) is 30.1 Å². The molecule has 2 unspecified atom stereocenters. The Morgan fingerprint density at radius 3 is 2.76 bits per heavy atom. The topological polar surface area (TPSA) is 36.4 Å². The van der Waals surface area contributed by atoms with E-state index >= 15 is 0 Å². The van der Waals surface area contributed by atoms with E-state index in [2.05, 4.69) is 30.8 Å². The lowest BCUT2D eigenvalue weighted by molar-refractivity contribution is -0.0353. The van der Waals surface area contributed by atoms with Crippen LogP contribution in [0.5, 0.6) is 0 Å². The quantitative estimate of drug-likeness (QED) is 0.878. The minimum Gasteiger partial charge on any atom is -0.389 e. The monoisotopic (exact) mass is 254 g/mol. The van der Waals surface area contributed by atoms with E-state index in [4.69, 9.17) is 0 Å². The first kappa shape index (κ1) is 13.0. The van der Waals surface area contributed by atoms with Gasteiger partial charge in [0.15, 0.2) is 0 Å². The highest BCUT2D eigenvalue weighted by molar-refractivity contribution is 7.11. The number of likely N-dealkylation sites (tertiary alicyclic amines) is 1. The molecule has 0 radical (unpaired) electrons. The van der Waals surface area contributed by atoms with Gasteiger partial charge in [-0.25, -0.2) is 4.98 Å². The summed E-state index contributed by atoms with van der Waals surface area (Å²) in [5.74, 6) is 0. The Morgan fingerprint density at radius 1 is 1.53 bits per heavy atom. The van der Waals surface area contributed by atoms with Crippen LogP contribution in [-0.2, 0) is 6.42 Å². The number of hydrogen-bond donors (Lipinski definition) is 1. The summed E-state index contributed by atoms with van der Waals surface area (Å²) in [6, 6.07) is 0.455. The first-order chi connectivity index (χ1) is 7.89. The third kappa shape index (κ3) is 2.87. The van der Waals surface area contributed by atoms with Gasteiger partial charge in [-0.1, -0.05) is 0 Å². The minimum absolute atomic E-state index is 0.455. The number of piperidine rings is 1. The summed E-state index contributed by atoms with van der Waals surface area (Å²) in [7, 11) is 2.13. The zero-order valence-electron chi connectivity index (χ0n) is 11.2. The maximum absolute atomic E-state index is 10.7. The van der Waals surface area contributed by atoms with E-state index in [1.54, 1.807) is 11.3 Å². The molecule has 4 heteroatoms. The van der Waals surface area contributed by atoms with Crippen molar-refractivity contribution in [3.8, 4) is 0 Å². The maximum atomic E-state index is 10.7. The second-order valence-corrected chi connectivity index (χ2v) is 6.72. The first-order valence-corrected chi connectivity index (χ1v) is 7.07. The smallest absolute Gasteiger partial charge is 0.0959 e. The van der Waals surface area contributed by atoms with Gasteiger partial charge in [-0.2, -0.15) is 0 Å². The van der Waals surface area contributed by atoms with E-state index in [-0.39, 0.29) is 0 Å². The highest BCUT2D eigenvalue weighted by Gasteiger charge is 2.35. The number of rotatable bonds is 2. The van der Waals surface area contributed by atoms with Gasteiger partial charge in [-0.15, -0.1) is 11.3 Å². The lowest BCUT2D eigenvalue weighted by Gasteiger charge is -2.40. The van der Waals surface area contributed by atoms with Crippen LogP contribution in [-0.4, -0.2) is 40.2 Å². The average Bonchev–Trinajstić information content (AvgIpc) is 2.52. The third-order valence-electron chi connectivity index (χ3n) is 3.91. The summed E-state index contributed by atoms with van der Waals surface area (Å²) in [4.78, 5) is 8.12. The van der Waals surface area contributed by atoms with Crippen molar-refractivity contribution < 1.29 is 5.11 Å². The van der Waals surface area contributed by atoms with Crippen LogP contribution in [0.1, 0.15) is 35.3 Å². The predicted molar refractivity (Wildman–Crippen MR) is 71.6 cm³/mol. The molecular weight excluding hydrogens is 232 g/mol. The van der Waals surface area contributed by atoms with Gasteiger partial charge >= 0.3 is 0 Å². The fraction of sp³-hybridized carbons (Fsp3) is 0.769. The average molecular weight is 254 g/mol. The standard InChI is InChI=1S/C13H22N2OS/c1-9-7-13(16,5-6-15(9)4)8-12-14-10(2)11(3)17-12/h9,16H,5-8H2,1-4H3. The zero-order chi connectivity index (χ0) is 12.6. The number of thiazole rings is 1. The fourth-order valence-corrected chi connectivity index (χ4v) is 3.54. The molecule has 0 amide bonds. The van der Waals surface area contributed by atoms with Crippen LogP contribution in [0.2, 0.25) is 0 Å². The molecule has 3 nitrogen and oxygen atoms in total. The van der Waals surface area contributed by atoms with Crippen LogP contribution < -0.4 is 0 Å². The Hall–Kier alpha value is -0.450. The summed E-state index contributed by atoms with van der Waals surface area (Å²) in [6.45, 7) is 7.29. The van der Waals surface area contributed by atoms with Crippen molar-refractivity contribution in [1.29, 1.82) is 0 Å². The number of aliphatic hydroxyl groups is 1. The number of aryl methyl sites for hydroxylation is 2. The number of nitrogens with zero attached hydrogens (tertiary/aromatic N) is 2. The second-order valence-electron chi connectivity index (χ2n) is 5.43.